The number of methoxy groups -OCH3 is 2. The summed E-state index contributed by atoms with van der Waals surface area (Å²) in [6.07, 6.45) is 19.8. The van der Waals surface area contributed by atoms with Gasteiger partial charge in [-0.25, -0.2) is 0 Å². The SMILES string of the molecule is CCC(C)c1ccc(O)cc1.CCC(C)c1ccc(O)cc1.CCC(C)c1ccc(OC(C)OC)cc1.CCC(C)c1ccc(OC(C)OC)cc1.CCC(C)c1ccc(OC(C)OC2CCC(C(C)(C)C3CCC(OC(C)Oc4ccc(C(C)CC)cc4)CC3)CC2)cc1.CCCOC(C)Oc1ccc(C(CC)CC(CC(C)c2ccc(O)cc2)c2ccc(OC(C)=O)cc2)cc1. The zero-order chi connectivity index (χ0) is 97.5. The molecule has 0 radical (unpaired) electrons. The predicted molar refractivity (Wildman–Crippen MR) is 548 cm³/mol. The minimum Gasteiger partial charge on any atom is -0.508 e. The molecule has 14 unspecified atom stereocenters. The van der Waals surface area contributed by atoms with Gasteiger partial charge in [0.2, 0.25) is 0 Å². The van der Waals surface area contributed by atoms with Gasteiger partial charge in [0.05, 0.1) is 18.8 Å². The first-order valence-electron chi connectivity index (χ1n) is 50.1. The molecule has 9 aromatic carbocycles. The second-order valence-corrected chi connectivity index (χ2v) is 37.6. The van der Waals surface area contributed by atoms with Crippen molar-refractivity contribution in [1.29, 1.82) is 0 Å². The van der Waals surface area contributed by atoms with Crippen LogP contribution in [-0.2, 0) is 28.5 Å². The van der Waals surface area contributed by atoms with E-state index in [9.17, 15) is 9.90 Å². The van der Waals surface area contributed by atoms with Crippen LogP contribution < -0.4 is 28.4 Å². The van der Waals surface area contributed by atoms with E-state index in [1.807, 2.05) is 120 Å². The highest BCUT2D eigenvalue weighted by Gasteiger charge is 2.41. The van der Waals surface area contributed by atoms with Crippen LogP contribution in [0.15, 0.2) is 218 Å². The molecule has 2 saturated carbocycles. The molecule has 3 N–H and O–H groups in total. The average molecular weight is 1830 g/mol. The molecule has 0 bridgehead atoms. The van der Waals surface area contributed by atoms with E-state index < -0.39 is 0 Å². The molecule has 0 spiro atoms. The maximum atomic E-state index is 11.4. The van der Waals surface area contributed by atoms with Gasteiger partial charge < -0.3 is 67.4 Å². The van der Waals surface area contributed by atoms with Crippen LogP contribution in [-0.4, -0.2) is 85.8 Å². The van der Waals surface area contributed by atoms with Crippen LogP contribution in [0.1, 0.15) is 378 Å². The predicted octanol–water partition coefficient (Wildman–Crippen LogP) is 32.3. The van der Waals surface area contributed by atoms with Crippen molar-refractivity contribution in [2.75, 3.05) is 20.8 Å². The summed E-state index contributed by atoms with van der Waals surface area (Å²) in [7, 11) is 3.27. The first-order valence-corrected chi connectivity index (χ1v) is 50.1. The first-order chi connectivity index (χ1) is 63.7. The van der Waals surface area contributed by atoms with Crippen LogP contribution in [0, 0.1) is 17.3 Å². The van der Waals surface area contributed by atoms with Gasteiger partial charge >= 0.3 is 5.97 Å². The number of phenols is 3. The summed E-state index contributed by atoms with van der Waals surface area (Å²) in [4.78, 5) is 11.4. The standard InChI is InChI=1S/C39H60O4.C33H42O5.2C13H20O2.2C10H14O/c1-9-27(3)31-11-19-35(20-12-31)40-29(5)42-37-23-15-33(16-24-37)39(7,8)34-17-25-38(26-18-34)43-30(6)41-36-21-13-32(14-22-36)28(4)10-2;1-6-20-36-25(5)38-33-18-10-28(11-19-33)26(7-2)22-30(21-23(3)27-8-14-31(35)15-9-27)29-12-16-32(17-13-29)37-24(4)34;2*1-5-10(2)12-6-8-13(9-7-12)15-11(3)14-4;2*1-3-8(2)9-4-6-10(11)7-5-9/h11-14,19-22,27-30,33-34,37-38H,9-10,15-18,23-26H2,1-8H3;8-19,23,25-26,30,35H,6-7,20-22H2,1-5H3;2*6-11H,5H2,1-4H3;2*4-8,11H,3H2,1-2H3. The largest absolute Gasteiger partial charge is 0.508 e. The summed E-state index contributed by atoms with van der Waals surface area (Å²) < 4.78 is 62.9. The van der Waals surface area contributed by atoms with Gasteiger partial charge in [0.15, 0.2) is 31.5 Å². The lowest BCUT2D eigenvalue weighted by molar-refractivity contribution is -0.133. The molecule has 732 valence electrons. The first kappa shape index (κ1) is 112. The average Bonchev–Trinajstić information content (AvgIpc) is 0.797. The highest BCUT2D eigenvalue weighted by Crippen LogP contribution is 2.50. The summed E-state index contributed by atoms with van der Waals surface area (Å²) >= 11 is 0. The summed E-state index contributed by atoms with van der Waals surface area (Å²) in [6.45, 7) is 50.0. The van der Waals surface area contributed by atoms with Crippen molar-refractivity contribution in [3.63, 3.8) is 0 Å². The number of hydrogen-bond donors (Lipinski definition) is 3. The Morgan fingerprint density at radius 3 is 0.797 bits per heavy atom. The Balaban J connectivity index is 0.000000269. The summed E-state index contributed by atoms with van der Waals surface area (Å²) in [5.41, 5.74) is 12.1. The molecule has 0 aromatic heterocycles. The summed E-state index contributed by atoms with van der Waals surface area (Å²) in [5.74, 6) is 11.6. The van der Waals surface area contributed by atoms with Crippen molar-refractivity contribution in [3.05, 3.63) is 268 Å². The third-order valence-electron chi connectivity index (χ3n) is 27.5. The van der Waals surface area contributed by atoms with Crippen LogP contribution in [0.3, 0.4) is 0 Å². The van der Waals surface area contributed by atoms with Crippen LogP contribution in [0.5, 0.6) is 51.7 Å². The molecule has 2 aliphatic carbocycles. The van der Waals surface area contributed by atoms with Crippen LogP contribution >= 0.6 is 0 Å². The van der Waals surface area contributed by atoms with E-state index in [0.29, 0.717) is 94.7 Å². The Morgan fingerprint density at radius 1 is 0.301 bits per heavy atom. The molecule has 0 heterocycles. The van der Waals surface area contributed by atoms with Gasteiger partial charge in [0.25, 0.3) is 0 Å². The van der Waals surface area contributed by atoms with E-state index in [1.54, 1.807) is 50.6 Å². The number of hydrogen-bond acceptors (Lipinski definition) is 15. The van der Waals surface area contributed by atoms with Crippen LogP contribution in [0.4, 0.5) is 0 Å². The number of benzene rings is 9. The van der Waals surface area contributed by atoms with Gasteiger partial charge in [0, 0.05) is 21.1 Å². The fourth-order valence-electron chi connectivity index (χ4n) is 17.1. The number of rotatable bonds is 42. The molecule has 2 aliphatic rings. The molecule has 15 nitrogen and oxygen atoms in total. The van der Waals surface area contributed by atoms with Gasteiger partial charge in [-0.1, -0.05) is 227 Å². The third-order valence-corrected chi connectivity index (χ3v) is 27.5. The Morgan fingerprint density at radius 2 is 0.541 bits per heavy atom. The molecule has 15 heteroatoms. The second kappa shape index (κ2) is 60.2. The van der Waals surface area contributed by atoms with Crippen molar-refractivity contribution in [1.82, 2.24) is 0 Å². The van der Waals surface area contributed by atoms with Crippen molar-refractivity contribution in [2.45, 2.75) is 372 Å². The Bertz CT molecular complexity index is 4320. The number of carbonyl (C=O) groups is 1. The summed E-state index contributed by atoms with van der Waals surface area (Å²) in [6, 6.07) is 72.2. The highest BCUT2D eigenvalue weighted by atomic mass is 16.7. The number of carbonyl (C=O) groups excluding carboxylic acids is 1. The fourth-order valence-corrected chi connectivity index (χ4v) is 17.1. The molecule has 2 fully saturated rings. The van der Waals surface area contributed by atoms with E-state index in [1.165, 1.54) is 82.7 Å². The van der Waals surface area contributed by atoms with Gasteiger partial charge in [-0.15, -0.1) is 0 Å². The molecule has 11 rings (SSSR count). The minimum absolute atomic E-state index is 0.195. The van der Waals surface area contributed by atoms with E-state index >= 15 is 0 Å². The maximum absolute atomic E-state index is 11.4. The fraction of sp³-hybridized carbons (Fsp3) is 0.534. The maximum Gasteiger partial charge on any atom is 0.308 e. The van der Waals surface area contributed by atoms with E-state index in [4.69, 9.17) is 62.3 Å². The van der Waals surface area contributed by atoms with Crippen molar-refractivity contribution in [3.8, 4) is 51.7 Å². The Kier molecular flexibility index (Phi) is 50.9. The van der Waals surface area contributed by atoms with E-state index in [0.717, 1.165) is 130 Å². The lowest BCUT2D eigenvalue weighted by Gasteiger charge is -2.47. The van der Waals surface area contributed by atoms with Gasteiger partial charge in [-0.05, 0) is 380 Å². The molecule has 0 saturated heterocycles. The quantitative estimate of drug-likeness (QED) is 0.0187. The normalized spacial score (nSPS) is 17.9. The zero-order valence-electron chi connectivity index (χ0n) is 85.9. The van der Waals surface area contributed by atoms with Crippen molar-refractivity contribution in [2.24, 2.45) is 17.3 Å². The summed E-state index contributed by atoms with van der Waals surface area (Å²) in [5, 5.41) is 27.7. The molecule has 14 atom stereocenters. The number of esters is 1. The van der Waals surface area contributed by atoms with Gasteiger partial charge in [-0.2, -0.15) is 0 Å². The molecule has 133 heavy (non-hydrogen) atoms. The zero-order valence-corrected chi connectivity index (χ0v) is 85.9. The molecule has 0 aliphatic heterocycles. The highest BCUT2D eigenvalue weighted by molar-refractivity contribution is 5.69. The molecule has 9 aromatic rings. The van der Waals surface area contributed by atoms with E-state index in [2.05, 4.69) is 215 Å². The monoisotopic (exact) mass is 1830 g/mol. The van der Waals surface area contributed by atoms with Gasteiger partial charge in [-0.3, -0.25) is 4.79 Å². The second-order valence-electron chi connectivity index (χ2n) is 37.6. The molecular weight excluding hydrogens is 1660 g/mol. The smallest absolute Gasteiger partial charge is 0.308 e. The van der Waals surface area contributed by atoms with Crippen LogP contribution in [0.2, 0.25) is 0 Å². The Hall–Kier alpha value is -9.35. The molecule has 0 amide bonds. The van der Waals surface area contributed by atoms with Gasteiger partial charge in [0.1, 0.15) is 51.7 Å². The third kappa shape index (κ3) is 40.2. The van der Waals surface area contributed by atoms with Crippen LogP contribution in [0.25, 0.3) is 0 Å². The minimum atomic E-state index is -0.319. The topological polar surface area (TPSA) is 179 Å². The lowest BCUT2D eigenvalue weighted by Crippen LogP contribution is -2.40. The number of phenolic OH excluding ortho intramolecular Hbond substituents is 3. The lowest BCUT2D eigenvalue weighted by atomic mass is 9.60. The number of aromatic hydroxyl groups is 3. The molecular formula is C118H170O15. The van der Waals surface area contributed by atoms with E-state index in [-0.39, 0.29) is 43.2 Å². The van der Waals surface area contributed by atoms with Crippen molar-refractivity contribution >= 4 is 5.97 Å². The van der Waals surface area contributed by atoms with Crippen molar-refractivity contribution < 1.29 is 72.2 Å². The Labute approximate surface area is 803 Å². The number of ether oxygens (including phenoxy) is 11.